The summed E-state index contributed by atoms with van der Waals surface area (Å²) in [5, 5.41) is 0. The first-order valence-electron chi connectivity index (χ1n) is 6.27. The van der Waals surface area contributed by atoms with Gasteiger partial charge in [-0.05, 0) is 12.3 Å². The summed E-state index contributed by atoms with van der Waals surface area (Å²) < 4.78 is 21.4. The van der Waals surface area contributed by atoms with Crippen LogP contribution in [0.25, 0.3) is 0 Å². The monoisotopic (exact) mass is 294 g/mol. The topological polar surface area (TPSA) is 89.9 Å². The van der Waals surface area contributed by atoms with Crippen molar-refractivity contribution in [1.82, 2.24) is 0 Å². The van der Waals surface area contributed by atoms with E-state index in [1.165, 1.54) is 13.8 Å². The Hall–Kier alpha value is -0.870. The van der Waals surface area contributed by atoms with Gasteiger partial charge in [0.25, 0.3) is 0 Å². The lowest BCUT2D eigenvalue weighted by molar-refractivity contribution is -0.185. The Labute approximate surface area is 113 Å². The van der Waals surface area contributed by atoms with E-state index in [1.54, 1.807) is 0 Å². The summed E-state index contributed by atoms with van der Waals surface area (Å²) in [5.41, 5.74) is 0. The van der Waals surface area contributed by atoms with Gasteiger partial charge in [0.2, 0.25) is 13.7 Å². The van der Waals surface area contributed by atoms with Crippen molar-refractivity contribution in [3.8, 4) is 0 Å². The normalized spacial score (nSPS) is 14.3. The van der Waals surface area contributed by atoms with E-state index in [0.29, 0.717) is 6.42 Å². The van der Waals surface area contributed by atoms with E-state index < -0.39 is 25.6 Å². The molecule has 7 heteroatoms. The highest BCUT2D eigenvalue weighted by Crippen LogP contribution is 2.43. The van der Waals surface area contributed by atoms with Crippen molar-refractivity contribution in [2.24, 2.45) is 5.92 Å². The van der Waals surface area contributed by atoms with E-state index in [0.717, 1.165) is 0 Å². The Bertz CT molecular complexity index is 336. The number of carbonyl (C=O) groups is 2. The lowest BCUT2D eigenvalue weighted by Gasteiger charge is -2.18. The Morgan fingerprint density at radius 3 is 2.00 bits per heavy atom. The second-order valence-corrected chi connectivity index (χ2v) is 7.44. The first-order valence-corrected chi connectivity index (χ1v) is 8.30. The molecule has 0 aliphatic rings. The lowest BCUT2D eigenvalue weighted by atomic mass is 10.3. The third kappa shape index (κ3) is 10.7. The van der Waals surface area contributed by atoms with Gasteiger partial charge in [0.15, 0.2) is 0 Å². The van der Waals surface area contributed by atoms with Gasteiger partial charge in [-0.15, -0.1) is 0 Å². The average molecular weight is 294 g/mol. The van der Waals surface area contributed by atoms with E-state index >= 15 is 0 Å². The Morgan fingerprint density at radius 1 is 1.16 bits per heavy atom. The molecular formula is C12H23O6P. The quantitative estimate of drug-likeness (QED) is 0.419. The Morgan fingerprint density at radius 2 is 1.63 bits per heavy atom. The summed E-state index contributed by atoms with van der Waals surface area (Å²) in [4.78, 5) is 31.3. The maximum absolute atomic E-state index is 11.8. The van der Waals surface area contributed by atoms with Crippen LogP contribution in [0.3, 0.4) is 0 Å². The summed E-state index contributed by atoms with van der Waals surface area (Å²) >= 11 is 0. The number of hydrogen-bond donors (Lipinski definition) is 1. The first kappa shape index (κ1) is 18.1. The zero-order chi connectivity index (χ0) is 15.1. The van der Waals surface area contributed by atoms with Gasteiger partial charge in [-0.25, -0.2) is 0 Å². The highest BCUT2D eigenvalue weighted by molar-refractivity contribution is 7.57. The number of rotatable bonds is 8. The molecule has 0 bridgehead atoms. The molecule has 0 rings (SSSR count). The molecule has 0 aromatic rings. The molecule has 0 amide bonds. The maximum atomic E-state index is 11.8. The van der Waals surface area contributed by atoms with Crippen molar-refractivity contribution >= 4 is 19.3 Å². The minimum atomic E-state index is -3.15. The second kappa shape index (κ2) is 8.33. The van der Waals surface area contributed by atoms with Crippen LogP contribution in [0.4, 0.5) is 0 Å². The van der Waals surface area contributed by atoms with Gasteiger partial charge in [-0.3, -0.25) is 14.2 Å². The van der Waals surface area contributed by atoms with Gasteiger partial charge >= 0.3 is 11.9 Å². The van der Waals surface area contributed by atoms with Crippen LogP contribution < -0.4 is 0 Å². The molecule has 0 saturated heterocycles. The van der Waals surface area contributed by atoms with Crippen molar-refractivity contribution < 1.29 is 28.5 Å². The highest BCUT2D eigenvalue weighted by atomic mass is 31.2. The van der Waals surface area contributed by atoms with Crippen LogP contribution in [0.5, 0.6) is 0 Å². The smallest absolute Gasteiger partial charge is 0.305 e. The third-order valence-electron chi connectivity index (χ3n) is 2.19. The zero-order valence-electron chi connectivity index (χ0n) is 11.9. The number of esters is 2. The molecule has 1 unspecified atom stereocenters. The fraction of sp³-hybridized carbons (Fsp3) is 0.833. The van der Waals surface area contributed by atoms with E-state index in [9.17, 15) is 19.0 Å². The highest BCUT2D eigenvalue weighted by Gasteiger charge is 2.22. The first-order chi connectivity index (χ1) is 8.62. The molecule has 0 aromatic carbocycles. The SMILES string of the molecule is CC(=O)OC(CCCP(=O)(O)CC(C)C)OC(C)=O. The van der Waals surface area contributed by atoms with E-state index in [1.807, 2.05) is 13.8 Å². The van der Waals surface area contributed by atoms with Gasteiger partial charge in [0.05, 0.1) is 0 Å². The molecule has 1 atom stereocenters. The number of hydrogen-bond acceptors (Lipinski definition) is 5. The van der Waals surface area contributed by atoms with E-state index in [2.05, 4.69) is 0 Å². The summed E-state index contributed by atoms with van der Waals surface area (Å²) in [6.45, 7) is 6.19. The largest absolute Gasteiger partial charge is 0.425 e. The molecule has 112 valence electrons. The van der Waals surface area contributed by atoms with Crippen molar-refractivity contribution in [2.75, 3.05) is 12.3 Å². The molecule has 0 fully saturated rings. The Kier molecular flexibility index (Phi) is 7.95. The lowest BCUT2D eigenvalue weighted by Crippen LogP contribution is -2.22. The minimum Gasteiger partial charge on any atom is -0.425 e. The summed E-state index contributed by atoms with van der Waals surface area (Å²) in [7, 11) is -3.15. The van der Waals surface area contributed by atoms with Gasteiger partial charge < -0.3 is 14.4 Å². The van der Waals surface area contributed by atoms with E-state index in [-0.39, 0.29) is 24.7 Å². The van der Waals surface area contributed by atoms with Gasteiger partial charge in [-0.1, -0.05) is 13.8 Å². The number of ether oxygens (including phenoxy) is 2. The van der Waals surface area contributed by atoms with Crippen LogP contribution in [0.1, 0.15) is 40.5 Å². The predicted molar refractivity (Wildman–Crippen MR) is 71.0 cm³/mol. The van der Waals surface area contributed by atoms with Crippen molar-refractivity contribution in [1.29, 1.82) is 0 Å². The van der Waals surface area contributed by atoms with Gasteiger partial charge in [0.1, 0.15) is 0 Å². The van der Waals surface area contributed by atoms with Crippen LogP contribution in [-0.2, 0) is 23.6 Å². The predicted octanol–water partition coefficient (Wildman–Crippen LogP) is 2.15. The standard InChI is InChI=1S/C12H23O6P/c1-9(2)8-19(15,16)7-5-6-12(17-10(3)13)18-11(4)14/h9,12H,5-8H2,1-4H3,(H,15,16). The molecule has 6 nitrogen and oxygen atoms in total. The van der Waals surface area contributed by atoms with Crippen molar-refractivity contribution in [2.45, 2.75) is 46.8 Å². The third-order valence-corrected chi connectivity index (χ3v) is 4.51. The molecule has 0 aliphatic heterocycles. The minimum absolute atomic E-state index is 0.129. The Balaban J connectivity index is 4.21. The second-order valence-electron chi connectivity index (χ2n) is 4.94. The fourth-order valence-corrected chi connectivity index (χ4v) is 3.68. The summed E-state index contributed by atoms with van der Waals surface area (Å²) in [6, 6.07) is 0. The van der Waals surface area contributed by atoms with Gasteiger partial charge in [0, 0.05) is 32.6 Å². The van der Waals surface area contributed by atoms with Crippen LogP contribution in [0.15, 0.2) is 0 Å². The molecule has 0 aromatic heterocycles. The zero-order valence-corrected chi connectivity index (χ0v) is 12.8. The maximum Gasteiger partial charge on any atom is 0.305 e. The van der Waals surface area contributed by atoms with E-state index in [4.69, 9.17) is 9.47 Å². The van der Waals surface area contributed by atoms with Crippen molar-refractivity contribution in [3.63, 3.8) is 0 Å². The molecule has 0 heterocycles. The molecule has 0 aliphatic carbocycles. The van der Waals surface area contributed by atoms with Crippen LogP contribution in [0.2, 0.25) is 0 Å². The van der Waals surface area contributed by atoms with Gasteiger partial charge in [-0.2, -0.15) is 0 Å². The average Bonchev–Trinajstić information content (AvgIpc) is 2.11. The van der Waals surface area contributed by atoms with Crippen molar-refractivity contribution in [3.05, 3.63) is 0 Å². The van der Waals surface area contributed by atoms with Crippen LogP contribution in [0, 0.1) is 5.92 Å². The summed E-state index contributed by atoms with van der Waals surface area (Å²) in [5.74, 6) is -0.963. The number of carbonyl (C=O) groups excluding carboxylic acids is 2. The molecule has 0 radical (unpaired) electrons. The molecule has 0 saturated carbocycles. The fourth-order valence-electron chi connectivity index (χ4n) is 1.68. The molecule has 1 N–H and O–H groups in total. The van der Waals surface area contributed by atoms with Crippen LogP contribution in [-0.4, -0.2) is 35.4 Å². The molecule has 19 heavy (non-hydrogen) atoms. The molecular weight excluding hydrogens is 271 g/mol. The summed E-state index contributed by atoms with van der Waals surface area (Å²) in [6.07, 6.45) is -0.00894. The molecule has 0 spiro atoms. The van der Waals surface area contributed by atoms with Crippen LogP contribution >= 0.6 is 7.37 Å².